The number of hydrogen-bond acceptors (Lipinski definition) is 3. The molecule has 1 rings (SSSR count). The van der Waals surface area contributed by atoms with Crippen molar-refractivity contribution in [2.45, 2.75) is 19.8 Å². The molecule has 0 spiro atoms. The number of likely N-dealkylation sites (N-methyl/N-ethyl adjacent to an activating group) is 2. The first-order chi connectivity index (χ1) is 8.61. The van der Waals surface area contributed by atoms with Crippen molar-refractivity contribution in [1.29, 1.82) is 0 Å². The Hall–Kier alpha value is -1.55. The van der Waals surface area contributed by atoms with E-state index in [1.54, 1.807) is 0 Å². The number of nitrogen functional groups attached to an aromatic ring is 1. The highest BCUT2D eigenvalue weighted by atomic mass is 16.1. The Morgan fingerprint density at radius 2 is 2.00 bits per heavy atom. The highest BCUT2D eigenvalue weighted by molar-refractivity contribution is 5.77. The minimum absolute atomic E-state index is 0.0903. The Balaban J connectivity index is 2.21. The first kappa shape index (κ1) is 14.5. The molecule has 4 heteroatoms. The van der Waals surface area contributed by atoms with Crippen molar-refractivity contribution in [3.05, 3.63) is 29.8 Å². The van der Waals surface area contributed by atoms with Gasteiger partial charge in [-0.05, 0) is 51.1 Å². The summed E-state index contributed by atoms with van der Waals surface area (Å²) in [5.74, 6) is 0.0903. The van der Waals surface area contributed by atoms with E-state index in [4.69, 9.17) is 5.73 Å². The van der Waals surface area contributed by atoms with Gasteiger partial charge in [0.15, 0.2) is 0 Å². The lowest BCUT2D eigenvalue weighted by molar-refractivity contribution is -0.121. The molecule has 1 aromatic rings. The van der Waals surface area contributed by atoms with Crippen LogP contribution in [0.15, 0.2) is 24.3 Å². The van der Waals surface area contributed by atoms with Gasteiger partial charge >= 0.3 is 0 Å². The average molecular weight is 249 g/mol. The van der Waals surface area contributed by atoms with Crippen LogP contribution in [0, 0.1) is 0 Å². The molecule has 0 aliphatic heterocycles. The first-order valence-electron chi connectivity index (χ1n) is 6.41. The van der Waals surface area contributed by atoms with Crippen LogP contribution in [0.1, 0.15) is 18.9 Å². The highest BCUT2D eigenvalue weighted by Gasteiger charge is 2.04. The quantitative estimate of drug-likeness (QED) is 0.715. The molecule has 3 N–H and O–H groups in total. The standard InChI is InChI=1S/C14H23N3O/c1-3-16-14(18)11-17(2)10-4-5-12-6-8-13(15)9-7-12/h6-9H,3-5,10-11,15H2,1-2H3,(H,16,18). The highest BCUT2D eigenvalue weighted by Crippen LogP contribution is 2.07. The molecule has 0 unspecified atom stereocenters. The molecule has 4 nitrogen and oxygen atoms in total. The van der Waals surface area contributed by atoms with Gasteiger partial charge in [0.2, 0.25) is 5.91 Å². The van der Waals surface area contributed by atoms with Crippen LogP contribution in [0.4, 0.5) is 5.69 Å². The second-order valence-electron chi connectivity index (χ2n) is 4.54. The zero-order valence-electron chi connectivity index (χ0n) is 11.3. The monoisotopic (exact) mass is 249 g/mol. The summed E-state index contributed by atoms with van der Waals surface area (Å²) in [5.41, 5.74) is 7.72. The van der Waals surface area contributed by atoms with E-state index >= 15 is 0 Å². The van der Waals surface area contributed by atoms with Crippen LogP contribution in [0.2, 0.25) is 0 Å². The van der Waals surface area contributed by atoms with Crippen LogP contribution in [0.25, 0.3) is 0 Å². The number of aryl methyl sites for hydroxylation is 1. The van der Waals surface area contributed by atoms with E-state index in [0.29, 0.717) is 13.1 Å². The summed E-state index contributed by atoms with van der Waals surface area (Å²) in [6.07, 6.45) is 2.06. The summed E-state index contributed by atoms with van der Waals surface area (Å²) >= 11 is 0. The molecule has 0 bridgehead atoms. The van der Waals surface area contributed by atoms with Crippen molar-refractivity contribution in [1.82, 2.24) is 10.2 Å². The van der Waals surface area contributed by atoms with Crippen LogP contribution < -0.4 is 11.1 Å². The molecule has 0 saturated heterocycles. The van der Waals surface area contributed by atoms with Crippen molar-refractivity contribution in [3.8, 4) is 0 Å². The molecule has 0 radical (unpaired) electrons. The fourth-order valence-corrected chi connectivity index (χ4v) is 1.81. The van der Waals surface area contributed by atoms with Gasteiger partial charge in [-0.2, -0.15) is 0 Å². The number of benzene rings is 1. The summed E-state index contributed by atoms with van der Waals surface area (Å²) in [7, 11) is 1.97. The molecule has 0 aliphatic carbocycles. The van der Waals surface area contributed by atoms with Gasteiger partial charge in [-0.1, -0.05) is 12.1 Å². The fraction of sp³-hybridized carbons (Fsp3) is 0.500. The molecule has 1 aromatic carbocycles. The SMILES string of the molecule is CCNC(=O)CN(C)CCCc1ccc(N)cc1. The van der Waals surface area contributed by atoms with E-state index in [1.807, 2.05) is 31.0 Å². The summed E-state index contributed by atoms with van der Waals surface area (Å²) in [4.78, 5) is 13.4. The number of nitrogens with two attached hydrogens (primary N) is 1. The molecular formula is C14H23N3O. The van der Waals surface area contributed by atoms with E-state index in [2.05, 4.69) is 17.4 Å². The van der Waals surface area contributed by atoms with E-state index in [1.165, 1.54) is 5.56 Å². The fourth-order valence-electron chi connectivity index (χ4n) is 1.81. The van der Waals surface area contributed by atoms with Gasteiger partial charge in [0.05, 0.1) is 6.54 Å². The molecule has 0 aliphatic rings. The Labute approximate surface area is 109 Å². The molecule has 1 amide bonds. The topological polar surface area (TPSA) is 58.4 Å². The maximum absolute atomic E-state index is 11.4. The number of amides is 1. The first-order valence-corrected chi connectivity index (χ1v) is 6.41. The van der Waals surface area contributed by atoms with Gasteiger partial charge in [0.1, 0.15) is 0 Å². The van der Waals surface area contributed by atoms with Gasteiger partial charge in [0, 0.05) is 12.2 Å². The average Bonchev–Trinajstić information content (AvgIpc) is 2.32. The molecule has 0 aromatic heterocycles. The van der Waals surface area contributed by atoms with Gasteiger partial charge in [-0.3, -0.25) is 9.69 Å². The van der Waals surface area contributed by atoms with E-state index in [-0.39, 0.29) is 5.91 Å². The third-order valence-electron chi connectivity index (χ3n) is 2.77. The molecular weight excluding hydrogens is 226 g/mol. The number of carbonyl (C=O) groups is 1. The maximum atomic E-state index is 11.4. The Kier molecular flexibility index (Phi) is 6.22. The van der Waals surface area contributed by atoms with Gasteiger partial charge < -0.3 is 11.1 Å². The van der Waals surface area contributed by atoms with E-state index < -0.39 is 0 Å². The lowest BCUT2D eigenvalue weighted by Gasteiger charge is -2.15. The zero-order chi connectivity index (χ0) is 13.4. The third kappa shape index (κ3) is 5.68. The Morgan fingerprint density at radius 1 is 1.33 bits per heavy atom. The predicted octanol–water partition coefficient (Wildman–Crippen LogP) is 1.27. The van der Waals surface area contributed by atoms with Gasteiger partial charge in [-0.25, -0.2) is 0 Å². The van der Waals surface area contributed by atoms with Crippen molar-refractivity contribution in [2.24, 2.45) is 0 Å². The summed E-state index contributed by atoms with van der Waals surface area (Å²) < 4.78 is 0. The molecule has 0 fully saturated rings. The van der Waals surface area contributed by atoms with Crippen LogP contribution in [-0.2, 0) is 11.2 Å². The molecule has 0 heterocycles. The van der Waals surface area contributed by atoms with Crippen LogP contribution >= 0.6 is 0 Å². The number of nitrogens with one attached hydrogen (secondary N) is 1. The van der Waals surface area contributed by atoms with Gasteiger partial charge in [-0.15, -0.1) is 0 Å². The lowest BCUT2D eigenvalue weighted by atomic mass is 10.1. The molecule has 100 valence electrons. The van der Waals surface area contributed by atoms with Crippen LogP contribution in [0.3, 0.4) is 0 Å². The van der Waals surface area contributed by atoms with Crippen molar-refractivity contribution >= 4 is 11.6 Å². The Bertz CT molecular complexity index is 362. The summed E-state index contributed by atoms with van der Waals surface area (Å²) in [5, 5.41) is 2.80. The van der Waals surface area contributed by atoms with Crippen molar-refractivity contribution in [2.75, 3.05) is 32.4 Å². The maximum Gasteiger partial charge on any atom is 0.234 e. The third-order valence-corrected chi connectivity index (χ3v) is 2.77. The Morgan fingerprint density at radius 3 is 2.61 bits per heavy atom. The zero-order valence-corrected chi connectivity index (χ0v) is 11.3. The number of carbonyl (C=O) groups excluding carboxylic acids is 1. The van der Waals surface area contributed by atoms with Crippen LogP contribution in [0.5, 0.6) is 0 Å². The minimum Gasteiger partial charge on any atom is -0.399 e. The van der Waals surface area contributed by atoms with Crippen LogP contribution in [-0.4, -0.2) is 37.5 Å². The largest absolute Gasteiger partial charge is 0.399 e. The van der Waals surface area contributed by atoms with Gasteiger partial charge in [0.25, 0.3) is 0 Å². The van der Waals surface area contributed by atoms with Crippen molar-refractivity contribution < 1.29 is 4.79 Å². The molecule has 0 atom stereocenters. The number of hydrogen-bond donors (Lipinski definition) is 2. The van der Waals surface area contributed by atoms with E-state index in [0.717, 1.165) is 25.1 Å². The summed E-state index contributed by atoms with van der Waals surface area (Å²) in [6.45, 7) is 4.01. The second kappa shape index (κ2) is 7.71. The predicted molar refractivity (Wildman–Crippen MR) is 75.4 cm³/mol. The number of rotatable bonds is 7. The molecule has 0 saturated carbocycles. The normalized spacial score (nSPS) is 10.6. The van der Waals surface area contributed by atoms with E-state index in [9.17, 15) is 4.79 Å². The number of anilines is 1. The second-order valence-corrected chi connectivity index (χ2v) is 4.54. The smallest absolute Gasteiger partial charge is 0.234 e. The van der Waals surface area contributed by atoms with Crippen molar-refractivity contribution in [3.63, 3.8) is 0 Å². The number of nitrogens with zero attached hydrogens (tertiary/aromatic N) is 1. The minimum atomic E-state index is 0.0903. The lowest BCUT2D eigenvalue weighted by Crippen LogP contribution is -2.35. The summed E-state index contributed by atoms with van der Waals surface area (Å²) in [6, 6.07) is 7.96. The molecule has 18 heavy (non-hydrogen) atoms.